The summed E-state index contributed by atoms with van der Waals surface area (Å²) in [5.74, 6) is -0.224. The molecule has 0 saturated heterocycles. The minimum absolute atomic E-state index is 0.224. The Morgan fingerprint density at radius 2 is 2.20 bits per heavy atom. The summed E-state index contributed by atoms with van der Waals surface area (Å²) in [7, 11) is 3.48. The summed E-state index contributed by atoms with van der Waals surface area (Å²) in [5.41, 5.74) is 9.19. The first kappa shape index (κ1) is 12.2. The molecule has 0 spiro atoms. The Morgan fingerprint density at radius 1 is 1.53 bits per heavy atom. The first-order valence-corrected chi connectivity index (χ1v) is 5.29. The second-order valence-electron chi connectivity index (χ2n) is 3.40. The third-order valence-electron chi connectivity index (χ3n) is 1.82. The first-order valence-electron chi connectivity index (χ1n) is 4.49. The molecule has 0 heterocycles. The molecule has 1 amide bonds. The van der Waals surface area contributed by atoms with Gasteiger partial charge < -0.3 is 5.73 Å². The lowest BCUT2D eigenvalue weighted by molar-refractivity contribution is -0.126. The van der Waals surface area contributed by atoms with Crippen LogP contribution in [0.4, 0.5) is 0 Å². The second kappa shape index (κ2) is 5.25. The molecule has 82 valence electrons. The molecule has 0 aliphatic heterocycles. The number of halogens is 1. The van der Waals surface area contributed by atoms with Crippen LogP contribution in [0.5, 0.6) is 0 Å². The van der Waals surface area contributed by atoms with Crippen LogP contribution in [0.3, 0.4) is 0 Å². The van der Waals surface area contributed by atoms with E-state index < -0.39 is 6.04 Å². The van der Waals surface area contributed by atoms with Crippen molar-refractivity contribution in [2.24, 2.45) is 5.73 Å². The van der Waals surface area contributed by atoms with E-state index in [0.717, 1.165) is 10.0 Å². The van der Waals surface area contributed by atoms with E-state index in [-0.39, 0.29) is 5.91 Å². The van der Waals surface area contributed by atoms with Crippen LogP contribution < -0.4 is 11.2 Å². The molecule has 0 saturated carbocycles. The van der Waals surface area contributed by atoms with Crippen molar-refractivity contribution in [1.29, 1.82) is 0 Å². The van der Waals surface area contributed by atoms with Gasteiger partial charge in [0.2, 0.25) is 0 Å². The second-order valence-corrected chi connectivity index (χ2v) is 4.32. The highest BCUT2D eigenvalue weighted by Crippen LogP contribution is 2.16. The SMILES string of the molecule is CN(C)NC(=O)C(N)c1cccc(Br)c1. The summed E-state index contributed by atoms with van der Waals surface area (Å²) < 4.78 is 0.910. The van der Waals surface area contributed by atoms with E-state index in [2.05, 4.69) is 21.4 Å². The van der Waals surface area contributed by atoms with Crippen molar-refractivity contribution in [3.05, 3.63) is 34.3 Å². The van der Waals surface area contributed by atoms with Crippen LogP contribution >= 0.6 is 15.9 Å². The number of nitrogens with two attached hydrogens (primary N) is 1. The maximum absolute atomic E-state index is 11.6. The van der Waals surface area contributed by atoms with Gasteiger partial charge in [-0.3, -0.25) is 10.2 Å². The Bertz CT molecular complexity index is 354. The summed E-state index contributed by atoms with van der Waals surface area (Å²) >= 11 is 3.33. The molecular formula is C10H14BrN3O. The molecule has 15 heavy (non-hydrogen) atoms. The maximum atomic E-state index is 11.6. The quantitative estimate of drug-likeness (QED) is 0.808. The number of amides is 1. The average molecular weight is 272 g/mol. The number of hydrogen-bond donors (Lipinski definition) is 2. The molecular weight excluding hydrogens is 258 g/mol. The minimum atomic E-state index is -0.648. The highest BCUT2D eigenvalue weighted by atomic mass is 79.9. The fourth-order valence-corrected chi connectivity index (χ4v) is 1.56. The van der Waals surface area contributed by atoms with Gasteiger partial charge in [-0.05, 0) is 17.7 Å². The van der Waals surface area contributed by atoms with Gasteiger partial charge in [-0.2, -0.15) is 0 Å². The van der Waals surface area contributed by atoms with Crippen molar-refractivity contribution in [3.8, 4) is 0 Å². The number of carbonyl (C=O) groups excluding carboxylic acids is 1. The molecule has 3 N–H and O–H groups in total. The van der Waals surface area contributed by atoms with Crippen molar-refractivity contribution in [2.75, 3.05) is 14.1 Å². The Balaban J connectivity index is 2.76. The van der Waals surface area contributed by atoms with Crippen molar-refractivity contribution >= 4 is 21.8 Å². The predicted molar refractivity (Wildman–Crippen MR) is 62.9 cm³/mol. The van der Waals surface area contributed by atoms with Crippen LogP contribution in [0, 0.1) is 0 Å². The van der Waals surface area contributed by atoms with Gasteiger partial charge in [0, 0.05) is 18.6 Å². The fourth-order valence-electron chi connectivity index (χ4n) is 1.14. The lowest BCUT2D eigenvalue weighted by atomic mass is 10.1. The van der Waals surface area contributed by atoms with Gasteiger partial charge in [-0.1, -0.05) is 28.1 Å². The Kier molecular flexibility index (Phi) is 4.26. The van der Waals surface area contributed by atoms with Gasteiger partial charge >= 0.3 is 0 Å². The zero-order chi connectivity index (χ0) is 11.4. The van der Waals surface area contributed by atoms with Gasteiger partial charge in [0.25, 0.3) is 5.91 Å². The van der Waals surface area contributed by atoms with Crippen LogP contribution in [-0.4, -0.2) is 25.0 Å². The van der Waals surface area contributed by atoms with Crippen molar-refractivity contribution in [2.45, 2.75) is 6.04 Å². The zero-order valence-corrected chi connectivity index (χ0v) is 10.3. The lowest BCUT2D eigenvalue weighted by Crippen LogP contribution is -2.41. The van der Waals surface area contributed by atoms with Crippen molar-refractivity contribution < 1.29 is 4.79 Å². The molecule has 1 atom stereocenters. The molecule has 0 bridgehead atoms. The Labute approximate surface area is 97.5 Å². The topological polar surface area (TPSA) is 58.4 Å². The normalized spacial score (nSPS) is 12.6. The number of nitrogens with zero attached hydrogens (tertiary/aromatic N) is 1. The number of nitrogens with one attached hydrogen (secondary N) is 1. The van der Waals surface area contributed by atoms with E-state index in [4.69, 9.17) is 5.73 Å². The van der Waals surface area contributed by atoms with Gasteiger partial charge in [0.05, 0.1) is 0 Å². The van der Waals surface area contributed by atoms with E-state index >= 15 is 0 Å². The maximum Gasteiger partial charge on any atom is 0.255 e. The summed E-state index contributed by atoms with van der Waals surface area (Å²) in [6.07, 6.45) is 0. The molecule has 0 radical (unpaired) electrons. The summed E-state index contributed by atoms with van der Waals surface area (Å²) in [5, 5.41) is 1.57. The van der Waals surface area contributed by atoms with Crippen LogP contribution in [0.15, 0.2) is 28.7 Å². The number of rotatable bonds is 3. The smallest absolute Gasteiger partial charge is 0.255 e. The highest BCUT2D eigenvalue weighted by molar-refractivity contribution is 9.10. The summed E-state index contributed by atoms with van der Waals surface area (Å²) in [6.45, 7) is 0. The molecule has 1 rings (SSSR count). The molecule has 1 aromatic carbocycles. The molecule has 5 heteroatoms. The molecule has 0 aliphatic carbocycles. The van der Waals surface area contributed by atoms with Gasteiger partial charge in [-0.25, -0.2) is 5.01 Å². The van der Waals surface area contributed by atoms with E-state index in [1.54, 1.807) is 19.1 Å². The van der Waals surface area contributed by atoms with Crippen LogP contribution in [-0.2, 0) is 4.79 Å². The third-order valence-corrected chi connectivity index (χ3v) is 2.32. The minimum Gasteiger partial charge on any atom is -0.316 e. The molecule has 0 aliphatic rings. The molecule has 4 nitrogen and oxygen atoms in total. The number of hydrazine groups is 1. The van der Waals surface area contributed by atoms with Gasteiger partial charge in [0.15, 0.2) is 0 Å². The van der Waals surface area contributed by atoms with Crippen LogP contribution in [0.25, 0.3) is 0 Å². The zero-order valence-electron chi connectivity index (χ0n) is 8.70. The molecule has 0 aromatic heterocycles. The Morgan fingerprint density at radius 3 is 2.73 bits per heavy atom. The Hall–Kier alpha value is -0.910. The third kappa shape index (κ3) is 3.62. The van der Waals surface area contributed by atoms with E-state index in [0.29, 0.717) is 0 Å². The van der Waals surface area contributed by atoms with E-state index in [1.807, 2.05) is 24.3 Å². The van der Waals surface area contributed by atoms with Gasteiger partial charge in [-0.15, -0.1) is 0 Å². The van der Waals surface area contributed by atoms with Crippen molar-refractivity contribution in [3.63, 3.8) is 0 Å². The molecule has 1 unspecified atom stereocenters. The lowest BCUT2D eigenvalue weighted by Gasteiger charge is -2.16. The van der Waals surface area contributed by atoms with E-state index in [9.17, 15) is 4.79 Å². The van der Waals surface area contributed by atoms with Crippen molar-refractivity contribution in [1.82, 2.24) is 10.4 Å². The fraction of sp³-hybridized carbons (Fsp3) is 0.300. The number of carbonyl (C=O) groups is 1. The first-order chi connectivity index (χ1) is 7.00. The number of hydrogen-bond acceptors (Lipinski definition) is 3. The molecule has 0 fully saturated rings. The van der Waals surface area contributed by atoms with Crippen LogP contribution in [0.2, 0.25) is 0 Å². The van der Waals surface area contributed by atoms with Gasteiger partial charge in [0.1, 0.15) is 6.04 Å². The molecule has 1 aromatic rings. The van der Waals surface area contributed by atoms with Crippen LogP contribution in [0.1, 0.15) is 11.6 Å². The monoisotopic (exact) mass is 271 g/mol. The standard InChI is InChI=1S/C10H14BrN3O/c1-14(2)13-10(15)9(12)7-4-3-5-8(11)6-7/h3-6,9H,12H2,1-2H3,(H,13,15). The average Bonchev–Trinajstić information content (AvgIpc) is 2.15. The largest absolute Gasteiger partial charge is 0.316 e. The summed E-state index contributed by atoms with van der Waals surface area (Å²) in [4.78, 5) is 11.6. The number of benzene rings is 1. The predicted octanol–water partition coefficient (Wildman–Crippen LogP) is 1.04. The highest BCUT2D eigenvalue weighted by Gasteiger charge is 2.15. The van der Waals surface area contributed by atoms with E-state index in [1.165, 1.54) is 0 Å². The summed E-state index contributed by atoms with van der Waals surface area (Å²) in [6, 6.07) is 6.75.